The molecule has 0 fully saturated rings. The molecule has 114 valence electrons. The summed E-state index contributed by atoms with van der Waals surface area (Å²) in [5.74, 6) is 0.811. The van der Waals surface area contributed by atoms with Gasteiger partial charge in [-0.15, -0.1) is 11.6 Å². The number of rotatable bonds is 5. The maximum absolute atomic E-state index is 9.48. The van der Waals surface area contributed by atoms with Crippen LogP contribution >= 0.6 is 11.6 Å². The topological polar surface area (TPSA) is 58.3 Å². The second kappa shape index (κ2) is 6.38. The summed E-state index contributed by atoms with van der Waals surface area (Å²) in [7, 11) is 0. The van der Waals surface area contributed by atoms with E-state index in [2.05, 4.69) is 10.3 Å². The van der Waals surface area contributed by atoms with Gasteiger partial charge in [0.15, 0.2) is 5.58 Å². The van der Waals surface area contributed by atoms with Gasteiger partial charge in [-0.05, 0) is 31.2 Å². The Morgan fingerprint density at radius 2 is 2.14 bits per heavy atom. The van der Waals surface area contributed by atoms with Gasteiger partial charge < -0.3 is 14.8 Å². The monoisotopic (exact) mass is 316 g/mol. The lowest BCUT2D eigenvalue weighted by atomic mass is 10.1. The van der Waals surface area contributed by atoms with Crippen LogP contribution in [0.25, 0.3) is 22.6 Å². The van der Waals surface area contributed by atoms with Crippen LogP contribution in [0.1, 0.15) is 5.56 Å². The van der Waals surface area contributed by atoms with Gasteiger partial charge in [0.05, 0.1) is 12.0 Å². The van der Waals surface area contributed by atoms with Crippen LogP contribution in [0, 0.1) is 6.92 Å². The molecule has 0 saturated carbocycles. The van der Waals surface area contributed by atoms with Crippen molar-refractivity contribution < 1.29 is 9.52 Å². The van der Waals surface area contributed by atoms with Crippen molar-refractivity contribution in [2.45, 2.75) is 13.0 Å². The number of oxazole rings is 1. The zero-order valence-electron chi connectivity index (χ0n) is 12.2. The lowest BCUT2D eigenvalue weighted by Gasteiger charge is -2.09. The molecule has 0 spiro atoms. The summed E-state index contributed by atoms with van der Waals surface area (Å²) in [6, 6.07) is 13.7. The van der Waals surface area contributed by atoms with Crippen molar-refractivity contribution in [2.75, 3.05) is 17.7 Å². The molecule has 0 saturated heterocycles. The zero-order valence-corrected chi connectivity index (χ0v) is 13.0. The Bertz CT molecular complexity index is 785. The molecule has 3 aromatic rings. The molecule has 0 radical (unpaired) electrons. The number of nitrogens with zero attached hydrogens (tertiary/aromatic N) is 1. The number of aromatic nitrogens is 1. The highest BCUT2D eigenvalue weighted by Crippen LogP contribution is 2.26. The summed E-state index contributed by atoms with van der Waals surface area (Å²) in [5.41, 5.74) is 4.51. The van der Waals surface area contributed by atoms with Gasteiger partial charge in [-0.3, -0.25) is 0 Å². The van der Waals surface area contributed by atoms with E-state index in [-0.39, 0.29) is 5.88 Å². The van der Waals surface area contributed by atoms with Gasteiger partial charge in [-0.1, -0.05) is 17.7 Å². The molecule has 2 aromatic carbocycles. The van der Waals surface area contributed by atoms with Crippen LogP contribution in [0.15, 0.2) is 46.9 Å². The summed E-state index contributed by atoms with van der Waals surface area (Å²) in [4.78, 5) is 4.51. The lowest BCUT2D eigenvalue weighted by molar-refractivity contribution is 0.211. The Morgan fingerprint density at radius 1 is 1.27 bits per heavy atom. The number of anilines is 1. The quantitative estimate of drug-likeness (QED) is 0.703. The number of aliphatic hydroxyl groups excluding tert-OH is 1. The molecule has 0 aliphatic carbocycles. The van der Waals surface area contributed by atoms with Crippen LogP contribution < -0.4 is 5.32 Å². The molecule has 1 aromatic heterocycles. The van der Waals surface area contributed by atoms with E-state index in [1.807, 2.05) is 49.4 Å². The first kappa shape index (κ1) is 14.9. The van der Waals surface area contributed by atoms with Gasteiger partial charge in [0.2, 0.25) is 5.89 Å². The molecule has 1 heterocycles. The third-order valence-corrected chi connectivity index (χ3v) is 3.73. The van der Waals surface area contributed by atoms with E-state index < -0.39 is 6.10 Å². The Hall–Kier alpha value is -2.04. The van der Waals surface area contributed by atoms with Crippen molar-refractivity contribution in [3.63, 3.8) is 0 Å². The molecule has 1 atom stereocenters. The molecule has 0 bridgehead atoms. The van der Waals surface area contributed by atoms with Gasteiger partial charge in [0, 0.05) is 23.9 Å². The van der Waals surface area contributed by atoms with E-state index >= 15 is 0 Å². The number of hydrogen-bond acceptors (Lipinski definition) is 4. The fourth-order valence-corrected chi connectivity index (χ4v) is 2.34. The van der Waals surface area contributed by atoms with Crippen LogP contribution in [0.2, 0.25) is 0 Å². The van der Waals surface area contributed by atoms with Gasteiger partial charge >= 0.3 is 0 Å². The predicted molar refractivity (Wildman–Crippen MR) is 89.4 cm³/mol. The van der Waals surface area contributed by atoms with Gasteiger partial charge in [0.1, 0.15) is 5.52 Å². The molecule has 0 aliphatic heterocycles. The average Bonchev–Trinajstić information content (AvgIpc) is 2.95. The van der Waals surface area contributed by atoms with E-state index in [0.717, 1.165) is 22.3 Å². The highest BCUT2D eigenvalue weighted by molar-refractivity contribution is 6.18. The number of halogens is 1. The largest absolute Gasteiger partial charge is 0.436 e. The van der Waals surface area contributed by atoms with Crippen LogP contribution in [0.3, 0.4) is 0 Å². The van der Waals surface area contributed by atoms with Crippen molar-refractivity contribution in [3.05, 3.63) is 48.0 Å². The third-order valence-electron chi connectivity index (χ3n) is 3.37. The van der Waals surface area contributed by atoms with Crippen LogP contribution in [0.5, 0.6) is 0 Å². The van der Waals surface area contributed by atoms with Gasteiger partial charge in [0.25, 0.3) is 0 Å². The number of benzene rings is 2. The fourth-order valence-electron chi connectivity index (χ4n) is 2.23. The SMILES string of the molecule is Cc1cccc(-c2nc3ccc(NCC(O)CCl)cc3o2)c1. The summed E-state index contributed by atoms with van der Waals surface area (Å²) in [6.07, 6.45) is -0.574. The highest BCUT2D eigenvalue weighted by atomic mass is 35.5. The average molecular weight is 317 g/mol. The van der Waals surface area contributed by atoms with Crippen LogP contribution in [-0.4, -0.2) is 28.6 Å². The Balaban J connectivity index is 1.87. The van der Waals surface area contributed by atoms with Crippen molar-refractivity contribution in [1.29, 1.82) is 0 Å². The number of hydrogen-bond donors (Lipinski definition) is 2. The van der Waals surface area contributed by atoms with E-state index in [4.69, 9.17) is 16.0 Å². The van der Waals surface area contributed by atoms with Crippen LogP contribution in [0.4, 0.5) is 5.69 Å². The van der Waals surface area contributed by atoms with Crippen molar-refractivity contribution >= 4 is 28.4 Å². The third kappa shape index (κ3) is 3.24. The zero-order chi connectivity index (χ0) is 15.5. The predicted octanol–water partition coefficient (Wildman–Crippen LogP) is 3.81. The first-order valence-corrected chi connectivity index (χ1v) is 7.64. The first-order valence-electron chi connectivity index (χ1n) is 7.11. The lowest BCUT2D eigenvalue weighted by Crippen LogP contribution is -2.20. The standard InChI is InChI=1S/C17H17ClN2O2/c1-11-3-2-4-12(7-11)17-20-15-6-5-13(8-16(15)22-17)19-10-14(21)9-18/h2-8,14,19,21H,9-10H2,1H3. The van der Waals surface area contributed by atoms with Crippen molar-refractivity contribution in [1.82, 2.24) is 4.98 Å². The first-order chi connectivity index (χ1) is 10.7. The Kier molecular flexibility index (Phi) is 4.32. The molecule has 0 aliphatic rings. The van der Waals surface area contributed by atoms with Gasteiger partial charge in [-0.25, -0.2) is 4.98 Å². The van der Waals surface area contributed by atoms with E-state index in [9.17, 15) is 5.11 Å². The maximum atomic E-state index is 9.48. The fraction of sp³-hybridized carbons (Fsp3) is 0.235. The van der Waals surface area contributed by atoms with E-state index in [1.165, 1.54) is 0 Å². The second-order valence-electron chi connectivity index (χ2n) is 5.26. The number of alkyl halides is 1. The number of fused-ring (bicyclic) bond motifs is 1. The second-order valence-corrected chi connectivity index (χ2v) is 5.57. The normalized spacial score (nSPS) is 12.5. The molecule has 3 rings (SSSR count). The van der Waals surface area contributed by atoms with Crippen molar-refractivity contribution in [3.8, 4) is 11.5 Å². The molecular weight excluding hydrogens is 300 g/mol. The van der Waals surface area contributed by atoms with Crippen molar-refractivity contribution in [2.24, 2.45) is 0 Å². The molecule has 22 heavy (non-hydrogen) atoms. The van der Waals surface area contributed by atoms with Crippen LogP contribution in [-0.2, 0) is 0 Å². The molecule has 0 amide bonds. The summed E-state index contributed by atoms with van der Waals surface area (Å²) in [5, 5.41) is 12.6. The Labute approximate surface area is 133 Å². The maximum Gasteiger partial charge on any atom is 0.227 e. The van der Waals surface area contributed by atoms with Gasteiger partial charge in [-0.2, -0.15) is 0 Å². The molecule has 1 unspecified atom stereocenters. The molecular formula is C17H17ClN2O2. The smallest absolute Gasteiger partial charge is 0.227 e. The minimum absolute atomic E-state index is 0.203. The van der Waals surface area contributed by atoms with E-state index in [0.29, 0.717) is 18.0 Å². The number of aliphatic hydroxyl groups is 1. The highest BCUT2D eigenvalue weighted by Gasteiger charge is 2.09. The summed E-state index contributed by atoms with van der Waals surface area (Å²) in [6.45, 7) is 2.43. The number of aryl methyl sites for hydroxylation is 1. The molecule has 4 nitrogen and oxygen atoms in total. The minimum Gasteiger partial charge on any atom is -0.436 e. The van der Waals surface area contributed by atoms with E-state index in [1.54, 1.807) is 0 Å². The number of nitrogens with one attached hydrogen (secondary N) is 1. The Morgan fingerprint density at radius 3 is 2.91 bits per heavy atom. The molecule has 5 heteroatoms. The molecule has 2 N–H and O–H groups in total. The summed E-state index contributed by atoms with van der Waals surface area (Å²) >= 11 is 5.58. The minimum atomic E-state index is -0.574. The summed E-state index contributed by atoms with van der Waals surface area (Å²) < 4.78 is 5.84.